The third-order valence-corrected chi connectivity index (χ3v) is 3.60. The van der Waals surface area contributed by atoms with Gasteiger partial charge in [-0.3, -0.25) is 0 Å². The first-order valence-electron chi connectivity index (χ1n) is 6.10. The molecule has 0 bridgehead atoms. The lowest BCUT2D eigenvalue weighted by Gasteiger charge is -2.21. The van der Waals surface area contributed by atoms with E-state index in [-0.39, 0.29) is 0 Å². The molecule has 1 aromatic carbocycles. The van der Waals surface area contributed by atoms with Crippen molar-refractivity contribution in [1.29, 1.82) is 0 Å². The van der Waals surface area contributed by atoms with Crippen molar-refractivity contribution in [2.75, 3.05) is 18.5 Å². The number of hydrogen-bond acceptors (Lipinski definition) is 2. The molecule has 0 heterocycles. The van der Waals surface area contributed by atoms with Crippen molar-refractivity contribution in [3.05, 3.63) is 28.2 Å². The summed E-state index contributed by atoms with van der Waals surface area (Å²) in [6.45, 7) is 7.31. The Balaban J connectivity index is 2.75. The zero-order valence-electron chi connectivity index (χ0n) is 11.1. The molecule has 3 heteroatoms. The number of halogens is 1. The summed E-state index contributed by atoms with van der Waals surface area (Å²) in [4.78, 5) is 2.25. The van der Waals surface area contributed by atoms with Crippen molar-refractivity contribution in [2.45, 2.75) is 33.3 Å². The fraction of sp³-hybridized carbons (Fsp3) is 0.571. The van der Waals surface area contributed by atoms with E-state index in [4.69, 9.17) is 0 Å². The molecule has 0 radical (unpaired) electrons. The zero-order chi connectivity index (χ0) is 13.0. The molecular weight excluding hydrogens is 278 g/mol. The molecule has 96 valence electrons. The summed E-state index contributed by atoms with van der Waals surface area (Å²) in [5, 5.41) is 9.57. The standard InChI is InChI=1S/C14H22BrNO/c1-10(2)7-8-16(4)12-5-6-13(11(3)17)14(15)9-12/h5-6,9-11,17H,7-8H2,1-4H3. The van der Waals surface area contributed by atoms with E-state index in [1.165, 1.54) is 12.1 Å². The summed E-state index contributed by atoms with van der Waals surface area (Å²) in [6, 6.07) is 6.12. The molecule has 0 saturated heterocycles. The van der Waals surface area contributed by atoms with Crippen LogP contribution in [0.4, 0.5) is 5.69 Å². The predicted octanol–water partition coefficient (Wildman–Crippen LogP) is 3.98. The van der Waals surface area contributed by atoms with Crippen LogP contribution >= 0.6 is 15.9 Å². The lowest BCUT2D eigenvalue weighted by Crippen LogP contribution is -2.19. The fourth-order valence-corrected chi connectivity index (χ4v) is 2.37. The van der Waals surface area contributed by atoms with Crippen molar-refractivity contribution in [3.8, 4) is 0 Å². The fourth-order valence-electron chi connectivity index (χ4n) is 1.67. The van der Waals surface area contributed by atoms with Gasteiger partial charge in [0.2, 0.25) is 0 Å². The quantitative estimate of drug-likeness (QED) is 0.889. The minimum Gasteiger partial charge on any atom is -0.389 e. The maximum atomic E-state index is 9.57. The molecule has 0 amide bonds. The molecule has 2 nitrogen and oxygen atoms in total. The predicted molar refractivity (Wildman–Crippen MR) is 77.5 cm³/mol. The van der Waals surface area contributed by atoms with Gasteiger partial charge in [0.05, 0.1) is 6.10 Å². The van der Waals surface area contributed by atoms with Gasteiger partial charge in [-0.2, -0.15) is 0 Å². The normalized spacial score (nSPS) is 12.9. The second-order valence-electron chi connectivity index (χ2n) is 4.99. The van der Waals surface area contributed by atoms with Gasteiger partial charge in [0, 0.05) is 23.8 Å². The number of hydrogen-bond donors (Lipinski definition) is 1. The van der Waals surface area contributed by atoms with Crippen molar-refractivity contribution >= 4 is 21.6 Å². The van der Waals surface area contributed by atoms with Gasteiger partial charge in [-0.25, -0.2) is 0 Å². The van der Waals surface area contributed by atoms with Gasteiger partial charge in [-0.15, -0.1) is 0 Å². The molecule has 1 atom stereocenters. The van der Waals surface area contributed by atoms with Crippen LogP contribution in [0.2, 0.25) is 0 Å². The number of aliphatic hydroxyl groups excluding tert-OH is 1. The lowest BCUT2D eigenvalue weighted by atomic mass is 10.1. The van der Waals surface area contributed by atoms with Crippen LogP contribution < -0.4 is 4.90 Å². The van der Waals surface area contributed by atoms with E-state index < -0.39 is 6.10 Å². The van der Waals surface area contributed by atoms with Crippen LogP contribution in [0.1, 0.15) is 38.9 Å². The molecule has 1 rings (SSSR count). The summed E-state index contributed by atoms with van der Waals surface area (Å²) in [5.41, 5.74) is 2.12. The Bertz CT molecular complexity index is 363. The lowest BCUT2D eigenvalue weighted by molar-refractivity contribution is 0.198. The minimum absolute atomic E-state index is 0.431. The van der Waals surface area contributed by atoms with Crippen LogP contribution in [0.15, 0.2) is 22.7 Å². The largest absolute Gasteiger partial charge is 0.389 e. The van der Waals surface area contributed by atoms with E-state index in [1.54, 1.807) is 6.92 Å². The average molecular weight is 300 g/mol. The van der Waals surface area contributed by atoms with E-state index in [0.717, 1.165) is 22.5 Å². The van der Waals surface area contributed by atoms with Crippen molar-refractivity contribution < 1.29 is 5.11 Å². The summed E-state index contributed by atoms with van der Waals surface area (Å²) >= 11 is 3.51. The van der Waals surface area contributed by atoms with Gasteiger partial charge >= 0.3 is 0 Å². The van der Waals surface area contributed by atoms with Gasteiger partial charge < -0.3 is 10.0 Å². The molecule has 0 aromatic heterocycles. The van der Waals surface area contributed by atoms with E-state index in [1.807, 2.05) is 6.07 Å². The number of rotatable bonds is 5. The first-order valence-corrected chi connectivity index (χ1v) is 6.89. The molecule has 0 aliphatic rings. The highest BCUT2D eigenvalue weighted by Crippen LogP contribution is 2.28. The highest BCUT2D eigenvalue weighted by molar-refractivity contribution is 9.10. The molecule has 0 saturated carbocycles. The van der Waals surface area contributed by atoms with Crippen LogP contribution in [-0.4, -0.2) is 18.7 Å². The summed E-state index contributed by atoms with van der Waals surface area (Å²) in [5.74, 6) is 0.720. The van der Waals surface area contributed by atoms with E-state index in [0.29, 0.717) is 0 Å². The molecule has 0 fully saturated rings. The highest BCUT2D eigenvalue weighted by atomic mass is 79.9. The first-order chi connectivity index (χ1) is 7.91. The molecular formula is C14H22BrNO. The summed E-state index contributed by atoms with van der Waals surface area (Å²) < 4.78 is 0.974. The molecule has 0 aliphatic heterocycles. The number of aliphatic hydroxyl groups is 1. The Kier molecular flexibility index (Phi) is 5.47. The second kappa shape index (κ2) is 6.41. The third-order valence-electron chi connectivity index (χ3n) is 2.92. The summed E-state index contributed by atoms with van der Waals surface area (Å²) in [6.07, 6.45) is 0.756. The van der Waals surface area contributed by atoms with Gasteiger partial charge in [-0.1, -0.05) is 35.8 Å². The maximum Gasteiger partial charge on any atom is 0.0772 e. The number of benzene rings is 1. The van der Waals surface area contributed by atoms with E-state index in [9.17, 15) is 5.11 Å². The average Bonchev–Trinajstić information content (AvgIpc) is 2.25. The molecule has 0 aliphatic carbocycles. The Morgan fingerprint density at radius 3 is 2.41 bits per heavy atom. The van der Waals surface area contributed by atoms with Gasteiger partial charge in [0.1, 0.15) is 0 Å². The van der Waals surface area contributed by atoms with Crippen LogP contribution in [-0.2, 0) is 0 Å². The monoisotopic (exact) mass is 299 g/mol. The van der Waals surface area contributed by atoms with Gasteiger partial charge in [-0.05, 0) is 37.0 Å². The second-order valence-corrected chi connectivity index (χ2v) is 5.84. The molecule has 17 heavy (non-hydrogen) atoms. The Morgan fingerprint density at radius 2 is 1.94 bits per heavy atom. The Labute approximate surface area is 113 Å². The Morgan fingerprint density at radius 1 is 1.29 bits per heavy atom. The maximum absolute atomic E-state index is 9.57. The van der Waals surface area contributed by atoms with Gasteiger partial charge in [0.25, 0.3) is 0 Å². The van der Waals surface area contributed by atoms with E-state index in [2.05, 4.69) is 53.9 Å². The van der Waals surface area contributed by atoms with E-state index >= 15 is 0 Å². The van der Waals surface area contributed by atoms with Crippen molar-refractivity contribution in [3.63, 3.8) is 0 Å². The first kappa shape index (κ1) is 14.5. The van der Waals surface area contributed by atoms with Crippen LogP contribution in [0, 0.1) is 5.92 Å². The number of anilines is 1. The SMILES string of the molecule is CC(C)CCN(C)c1ccc(C(C)O)c(Br)c1. The smallest absolute Gasteiger partial charge is 0.0772 e. The molecule has 0 spiro atoms. The minimum atomic E-state index is -0.431. The van der Waals surface area contributed by atoms with Gasteiger partial charge in [0.15, 0.2) is 0 Å². The van der Waals surface area contributed by atoms with Crippen molar-refractivity contribution in [2.24, 2.45) is 5.92 Å². The van der Waals surface area contributed by atoms with Crippen LogP contribution in [0.3, 0.4) is 0 Å². The molecule has 1 unspecified atom stereocenters. The van der Waals surface area contributed by atoms with Crippen molar-refractivity contribution in [1.82, 2.24) is 0 Å². The number of nitrogens with zero attached hydrogens (tertiary/aromatic N) is 1. The zero-order valence-corrected chi connectivity index (χ0v) is 12.7. The molecule has 1 aromatic rings. The summed E-state index contributed by atoms with van der Waals surface area (Å²) in [7, 11) is 2.10. The highest BCUT2D eigenvalue weighted by Gasteiger charge is 2.09. The van der Waals surface area contributed by atoms with Crippen LogP contribution in [0.25, 0.3) is 0 Å². The topological polar surface area (TPSA) is 23.5 Å². The third kappa shape index (κ3) is 4.32. The Hall–Kier alpha value is -0.540. The molecule has 1 N–H and O–H groups in total. The van der Waals surface area contributed by atoms with Crippen LogP contribution in [0.5, 0.6) is 0 Å².